The van der Waals surface area contributed by atoms with Gasteiger partial charge < -0.3 is 14.8 Å². The van der Waals surface area contributed by atoms with Gasteiger partial charge in [0.05, 0.1) is 17.1 Å². The molecule has 3 aromatic rings. The van der Waals surface area contributed by atoms with E-state index in [4.69, 9.17) is 21.1 Å². The topological polar surface area (TPSA) is 73.3 Å². The Labute approximate surface area is 192 Å². The largest absolute Gasteiger partial charge is 0.491 e. The molecule has 0 bridgehead atoms. The molecule has 2 aromatic carbocycles. The van der Waals surface area contributed by atoms with Gasteiger partial charge in [-0.25, -0.2) is 14.4 Å². The molecule has 162 valence electrons. The molecule has 0 fully saturated rings. The highest BCUT2D eigenvalue weighted by molar-refractivity contribution is 9.11. The smallest absolute Gasteiger partial charge is 0.160 e. The maximum Gasteiger partial charge on any atom is 0.160 e. The van der Waals surface area contributed by atoms with Crippen LogP contribution in [0.5, 0.6) is 5.75 Å². The van der Waals surface area contributed by atoms with Gasteiger partial charge >= 0.3 is 0 Å². The molecule has 0 aliphatic carbocycles. The molecule has 0 aliphatic heterocycles. The van der Waals surface area contributed by atoms with Crippen molar-refractivity contribution in [3.8, 4) is 5.75 Å². The number of rotatable bonds is 10. The van der Waals surface area contributed by atoms with Crippen molar-refractivity contribution in [3.05, 3.63) is 64.1 Å². The minimum atomic E-state index is -0.505. The molecule has 1 aromatic heterocycles. The number of halogens is 3. The first-order valence-electron chi connectivity index (χ1n) is 9.51. The number of allylic oxidation sites excluding steroid dienone is 1. The van der Waals surface area contributed by atoms with Crippen molar-refractivity contribution < 1.29 is 18.7 Å². The van der Waals surface area contributed by atoms with E-state index in [1.165, 1.54) is 29.5 Å². The average Bonchev–Trinajstić information content (AvgIpc) is 2.74. The Balaban J connectivity index is 1.98. The predicted molar refractivity (Wildman–Crippen MR) is 123 cm³/mol. The second-order valence-electron chi connectivity index (χ2n) is 6.43. The lowest BCUT2D eigenvalue weighted by Gasteiger charge is -2.14. The molecule has 1 N–H and O–H groups in total. The monoisotopic (exact) mass is 507 g/mol. The van der Waals surface area contributed by atoms with Crippen LogP contribution in [0.2, 0.25) is 5.02 Å². The van der Waals surface area contributed by atoms with Gasteiger partial charge in [0.2, 0.25) is 0 Å². The number of nitrogens with zero attached hydrogens (tertiary/aromatic N) is 2. The number of aromatic nitrogens is 2. The molecule has 0 amide bonds. The molecule has 0 saturated heterocycles. The molecule has 9 heteroatoms. The van der Waals surface area contributed by atoms with Gasteiger partial charge in [0, 0.05) is 35.7 Å². The van der Waals surface area contributed by atoms with Crippen LogP contribution < -0.4 is 10.1 Å². The van der Waals surface area contributed by atoms with Crippen molar-refractivity contribution in [2.24, 2.45) is 0 Å². The van der Waals surface area contributed by atoms with Gasteiger partial charge in [0.15, 0.2) is 5.78 Å². The summed E-state index contributed by atoms with van der Waals surface area (Å²) in [6.45, 7) is 3.29. The second-order valence-corrected chi connectivity index (χ2v) is 7.37. The zero-order valence-corrected chi connectivity index (χ0v) is 19.0. The molecule has 0 spiro atoms. The summed E-state index contributed by atoms with van der Waals surface area (Å²) < 4.78 is 24.7. The van der Waals surface area contributed by atoms with E-state index in [2.05, 4.69) is 31.2 Å². The minimum absolute atomic E-state index is 0.00110. The molecule has 0 aliphatic rings. The van der Waals surface area contributed by atoms with Gasteiger partial charge in [0.25, 0.3) is 0 Å². The van der Waals surface area contributed by atoms with Gasteiger partial charge in [-0.3, -0.25) is 4.79 Å². The second kappa shape index (κ2) is 11.2. The maximum absolute atomic E-state index is 13.5. The van der Waals surface area contributed by atoms with E-state index in [0.717, 1.165) is 0 Å². The highest BCUT2D eigenvalue weighted by atomic mass is 79.9. The fraction of sp³-hybridized carbons (Fsp3) is 0.227. The van der Waals surface area contributed by atoms with E-state index >= 15 is 0 Å². The Bertz CT molecular complexity index is 1110. The fourth-order valence-electron chi connectivity index (χ4n) is 2.88. The fourth-order valence-corrected chi connectivity index (χ4v) is 3.36. The number of benzene rings is 2. The molecule has 0 atom stereocenters. The van der Waals surface area contributed by atoms with Crippen molar-refractivity contribution in [2.45, 2.75) is 13.3 Å². The van der Waals surface area contributed by atoms with Gasteiger partial charge in [0.1, 0.15) is 30.3 Å². The minimum Gasteiger partial charge on any atom is -0.491 e. The van der Waals surface area contributed by atoms with Crippen LogP contribution in [0.3, 0.4) is 0 Å². The summed E-state index contributed by atoms with van der Waals surface area (Å²) in [7, 11) is 0. The lowest BCUT2D eigenvalue weighted by molar-refractivity contribution is -0.114. The Kier molecular flexibility index (Phi) is 8.34. The van der Waals surface area contributed by atoms with E-state index < -0.39 is 5.82 Å². The van der Waals surface area contributed by atoms with E-state index in [9.17, 15) is 9.18 Å². The number of carbonyl (C=O) groups excluding carboxylic acids is 1. The number of anilines is 2. The van der Waals surface area contributed by atoms with Crippen LogP contribution in [-0.4, -0.2) is 35.6 Å². The lowest BCUT2D eigenvalue weighted by Crippen LogP contribution is -2.09. The van der Waals surface area contributed by atoms with Crippen LogP contribution in [0.25, 0.3) is 10.9 Å². The number of carbonyl (C=O) groups is 1. The van der Waals surface area contributed by atoms with Crippen molar-refractivity contribution in [1.29, 1.82) is 0 Å². The van der Waals surface area contributed by atoms with Gasteiger partial charge in [-0.2, -0.15) is 0 Å². The van der Waals surface area contributed by atoms with E-state index in [1.54, 1.807) is 12.1 Å². The van der Waals surface area contributed by atoms with E-state index in [1.807, 2.05) is 13.0 Å². The SMILES string of the molecule is CCOCCOc1cc2ncnc(Nc3ccc(F)c(Cl)c3)c2cc1CC(=O)/C=C/Br. The summed E-state index contributed by atoms with van der Waals surface area (Å²) in [5.41, 5.74) is 1.89. The zero-order chi connectivity index (χ0) is 22.2. The third-order valence-electron chi connectivity index (χ3n) is 4.30. The predicted octanol–water partition coefficient (Wildman–Crippen LogP) is 5.60. The maximum atomic E-state index is 13.5. The standard InChI is InChI=1S/C22H20BrClFN3O3/c1-2-30-7-8-31-21-12-20-17(10-14(21)9-16(29)5-6-23)22(27-13-26-20)28-15-3-4-19(25)18(24)11-15/h3-6,10-13H,2,7-9H2,1H3,(H,26,27,28)/b6-5+. The van der Waals surface area contributed by atoms with Crippen molar-refractivity contribution in [2.75, 3.05) is 25.1 Å². The van der Waals surface area contributed by atoms with Gasteiger partial charge in [-0.05, 0) is 42.3 Å². The Morgan fingerprint density at radius 1 is 1.26 bits per heavy atom. The quantitative estimate of drug-likeness (QED) is 0.284. The number of ether oxygens (including phenoxy) is 2. The molecular weight excluding hydrogens is 489 g/mol. The Morgan fingerprint density at radius 2 is 2.10 bits per heavy atom. The van der Waals surface area contributed by atoms with Crippen molar-refractivity contribution >= 4 is 55.7 Å². The number of hydrogen-bond donors (Lipinski definition) is 1. The molecule has 3 rings (SSSR count). The third kappa shape index (κ3) is 6.22. The molecule has 31 heavy (non-hydrogen) atoms. The molecule has 0 radical (unpaired) electrons. The highest BCUT2D eigenvalue weighted by Gasteiger charge is 2.14. The molecule has 0 saturated carbocycles. The van der Waals surface area contributed by atoms with Crippen LogP contribution in [-0.2, 0) is 16.0 Å². The number of hydrogen-bond acceptors (Lipinski definition) is 6. The summed E-state index contributed by atoms with van der Waals surface area (Å²) in [5.74, 6) is 0.452. The number of fused-ring (bicyclic) bond motifs is 1. The summed E-state index contributed by atoms with van der Waals surface area (Å²) in [6, 6.07) is 7.90. The van der Waals surface area contributed by atoms with Crippen molar-refractivity contribution in [3.63, 3.8) is 0 Å². The lowest BCUT2D eigenvalue weighted by atomic mass is 10.0. The van der Waals surface area contributed by atoms with Crippen molar-refractivity contribution in [1.82, 2.24) is 9.97 Å². The summed E-state index contributed by atoms with van der Waals surface area (Å²) in [4.78, 5) is 22.4. The molecule has 6 nitrogen and oxygen atoms in total. The molecule has 1 heterocycles. The highest BCUT2D eigenvalue weighted by Crippen LogP contribution is 2.31. The number of nitrogens with one attached hydrogen (secondary N) is 1. The van der Waals surface area contributed by atoms with E-state index in [0.29, 0.717) is 53.5 Å². The number of ketones is 1. The van der Waals surface area contributed by atoms with Gasteiger partial charge in [-0.15, -0.1) is 0 Å². The van der Waals surface area contributed by atoms with Crippen LogP contribution in [0.15, 0.2) is 47.7 Å². The van der Waals surface area contributed by atoms with Crippen LogP contribution >= 0.6 is 27.5 Å². The first kappa shape index (κ1) is 23.1. The zero-order valence-electron chi connectivity index (χ0n) is 16.7. The summed E-state index contributed by atoms with van der Waals surface area (Å²) in [6.07, 6.45) is 2.99. The normalized spacial score (nSPS) is 11.2. The first-order chi connectivity index (χ1) is 15.0. The van der Waals surface area contributed by atoms with Gasteiger partial charge in [-0.1, -0.05) is 27.5 Å². The van der Waals surface area contributed by atoms with Crippen LogP contribution in [0, 0.1) is 5.82 Å². The first-order valence-corrected chi connectivity index (χ1v) is 10.8. The third-order valence-corrected chi connectivity index (χ3v) is 4.86. The molecular formula is C22H20BrClFN3O3. The summed E-state index contributed by atoms with van der Waals surface area (Å²) >= 11 is 9.00. The Morgan fingerprint density at radius 3 is 2.84 bits per heavy atom. The van der Waals surface area contributed by atoms with Crippen LogP contribution in [0.4, 0.5) is 15.9 Å². The van der Waals surface area contributed by atoms with E-state index in [-0.39, 0.29) is 17.2 Å². The van der Waals surface area contributed by atoms with Crippen LogP contribution in [0.1, 0.15) is 12.5 Å². The molecule has 0 unspecified atom stereocenters. The summed E-state index contributed by atoms with van der Waals surface area (Å²) in [5, 5.41) is 3.82. The average molecular weight is 509 g/mol. The Hall–Kier alpha value is -2.55.